The Labute approximate surface area is 127 Å². The van der Waals surface area contributed by atoms with Crippen molar-refractivity contribution >= 4 is 12.0 Å². The van der Waals surface area contributed by atoms with E-state index in [1.807, 2.05) is 30.3 Å². The van der Waals surface area contributed by atoms with Gasteiger partial charge in [-0.2, -0.15) is 0 Å². The van der Waals surface area contributed by atoms with Crippen molar-refractivity contribution in [2.24, 2.45) is 0 Å². The number of nitrogens with zero attached hydrogens (tertiary/aromatic N) is 2. The smallest absolute Gasteiger partial charge is 0.247 e. The van der Waals surface area contributed by atoms with Gasteiger partial charge < -0.3 is 14.4 Å². The van der Waals surface area contributed by atoms with Gasteiger partial charge in [0.15, 0.2) is 11.5 Å². The second-order valence-corrected chi connectivity index (χ2v) is 5.25. The molecule has 4 rings (SSSR count). The van der Waals surface area contributed by atoms with E-state index < -0.39 is 0 Å². The first-order valence-electron chi connectivity index (χ1n) is 7.09. The van der Waals surface area contributed by atoms with Gasteiger partial charge in [0.05, 0.1) is 12.2 Å². The summed E-state index contributed by atoms with van der Waals surface area (Å²) in [6.07, 6.45) is 5.14. The summed E-state index contributed by atoms with van der Waals surface area (Å²) < 4.78 is 10.6. The molecule has 0 N–H and O–H groups in total. The lowest BCUT2D eigenvalue weighted by Gasteiger charge is -2.11. The molecule has 110 valence electrons. The summed E-state index contributed by atoms with van der Waals surface area (Å²) in [6.45, 7) is 1.44. The van der Waals surface area contributed by atoms with Gasteiger partial charge in [-0.15, -0.1) is 0 Å². The Morgan fingerprint density at radius 1 is 1.18 bits per heavy atom. The zero-order valence-corrected chi connectivity index (χ0v) is 11.9. The standard InChI is InChI=1S/C17H14N2O3/c20-17(19-9-13-2-1-7-18-14(13)10-19)6-4-12-3-5-15-16(8-12)22-11-21-15/h1-8H,9-11H2. The maximum atomic E-state index is 12.3. The molecule has 0 spiro atoms. The van der Waals surface area contributed by atoms with Gasteiger partial charge in [0, 0.05) is 18.8 Å². The molecule has 0 atom stereocenters. The van der Waals surface area contributed by atoms with Crippen LogP contribution in [0.2, 0.25) is 0 Å². The lowest BCUT2D eigenvalue weighted by atomic mass is 10.2. The van der Waals surface area contributed by atoms with Crippen molar-refractivity contribution in [2.45, 2.75) is 13.1 Å². The normalized spacial score (nSPS) is 15.4. The van der Waals surface area contributed by atoms with E-state index in [0.29, 0.717) is 18.8 Å². The van der Waals surface area contributed by atoms with Gasteiger partial charge in [-0.3, -0.25) is 9.78 Å². The number of carbonyl (C=O) groups is 1. The van der Waals surface area contributed by atoms with Crippen molar-refractivity contribution in [3.05, 3.63) is 59.4 Å². The Kier molecular flexibility index (Phi) is 3.04. The third-order valence-electron chi connectivity index (χ3n) is 3.81. The molecule has 0 saturated carbocycles. The van der Waals surface area contributed by atoms with Crippen LogP contribution in [0.25, 0.3) is 6.08 Å². The largest absolute Gasteiger partial charge is 0.454 e. The molecule has 0 saturated heterocycles. The average molecular weight is 294 g/mol. The molecule has 0 unspecified atom stereocenters. The number of hydrogen-bond donors (Lipinski definition) is 0. The van der Waals surface area contributed by atoms with Gasteiger partial charge in [0.2, 0.25) is 12.7 Å². The first-order valence-corrected chi connectivity index (χ1v) is 7.09. The molecule has 1 aromatic carbocycles. The Morgan fingerprint density at radius 2 is 2.09 bits per heavy atom. The van der Waals surface area contributed by atoms with Crippen LogP contribution in [0.4, 0.5) is 0 Å². The van der Waals surface area contributed by atoms with E-state index in [2.05, 4.69) is 4.98 Å². The van der Waals surface area contributed by atoms with Gasteiger partial charge in [0.25, 0.3) is 0 Å². The van der Waals surface area contributed by atoms with Crippen molar-refractivity contribution in [3.8, 4) is 11.5 Å². The molecule has 22 heavy (non-hydrogen) atoms. The van der Waals surface area contributed by atoms with Crippen LogP contribution in [0, 0.1) is 0 Å². The lowest BCUT2D eigenvalue weighted by Crippen LogP contribution is -2.23. The minimum Gasteiger partial charge on any atom is -0.454 e. The molecule has 5 heteroatoms. The topological polar surface area (TPSA) is 51.7 Å². The van der Waals surface area contributed by atoms with Crippen molar-refractivity contribution in [2.75, 3.05) is 6.79 Å². The van der Waals surface area contributed by atoms with E-state index >= 15 is 0 Å². The molecular weight excluding hydrogens is 280 g/mol. The highest BCUT2D eigenvalue weighted by Gasteiger charge is 2.22. The van der Waals surface area contributed by atoms with E-state index in [1.54, 1.807) is 23.2 Å². The van der Waals surface area contributed by atoms with Crippen LogP contribution < -0.4 is 9.47 Å². The Bertz CT molecular complexity index is 745. The van der Waals surface area contributed by atoms with Crippen molar-refractivity contribution in [1.82, 2.24) is 9.88 Å². The summed E-state index contributed by atoms with van der Waals surface area (Å²) in [4.78, 5) is 18.4. The van der Waals surface area contributed by atoms with E-state index in [-0.39, 0.29) is 12.7 Å². The molecule has 0 radical (unpaired) electrons. The van der Waals surface area contributed by atoms with Gasteiger partial charge in [-0.05, 0) is 35.4 Å². The molecule has 2 aliphatic heterocycles. The third kappa shape index (κ3) is 2.30. The fraction of sp³-hybridized carbons (Fsp3) is 0.176. The number of fused-ring (bicyclic) bond motifs is 2. The SMILES string of the molecule is O=C(C=Cc1ccc2c(c1)OCO2)N1Cc2cccnc2C1. The molecule has 0 fully saturated rings. The first kappa shape index (κ1) is 12.9. The molecule has 2 aromatic rings. The van der Waals surface area contributed by atoms with Crippen LogP contribution in [0.5, 0.6) is 11.5 Å². The molecule has 1 amide bonds. The zero-order chi connectivity index (χ0) is 14.9. The molecule has 1 aromatic heterocycles. The Hall–Kier alpha value is -2.82. The van der Waals surface area contributed by atoms with Crippen LogP contribution in [0.3, 0.4) is 0 Å². The number of rotatable bonds is 2. The first-order chi connectivity index (χ1) is 10.8. The molecule has 0 bridgehead atoms. The highest BCUT2D eigenvalue weighted by molar-refractivity contribution is 5.92. The van der Waals surface area contributed by atoms with Crippen molar-refractivity contribution in [1.29, 1.82) is 0 Å². The van der Waals surface area contributed by atoms with E-state index in [4.69, 9.17) is 9.47 Å². The molecular formula is C17H14N2O3. The summed E-state index contributed by atoms with van der Waals surface area (Å²) in [6, 6.07) is 9.53. The van der Waals surface area contributed by atoms with E-state index in [0.717, 1.165) is 22.6 Å². The number of aromatic nitrogens is 1. The minimum absolute atomic E-state index is 0.0179. The van der Waals surface area contributed by atoms with Crippen LogP contribution in [-0.2, 0) is 17.9 Å². The minimum atomic E-state index is -0.0179. The van der Waals surface area contributed by atoms with E-state index in [1.165, 1.54) is 0 Å². The van der Waals surface area contributed by atoms with Crippen molar-refractivity contribution in [3.63, 3.8) is 0 Å². The van der Waals surface area contributed by atoms with Crippen molar-refractivity contribution < 1.29 is 14.3 Å². The summed E-state index contributed by atoms with van der Waals surface area (Å²) in [5.41, 5.74) is 3.01. The summed E-state index contributed by atoms with van der Waals surface area (Å²) >= 11 is 0. The summed E-state index contributed by atoms with van der Waals surface area (Å²) in [5, 5.41) is 0. The van der Waals surface area contributed by atoms with Gasteiger partial charge in [-0.1, -0.05) is 12.1 Å². The number of pyridine rings is 1. The number of amides is 1. The Balaban J connectivity index is 1.46. The highest BCUT2D eigenvalue weighted by atomic mass is 16.7. The highest BCUT2D eigenvalue weighted by Crippen LogP contribution is 2.32. The lowest BCUT2D eigenvalue weighted by molar-refractivity contribution is -0.126. The fourth-order valence-electron chi connectivity index (χ4n) is 2.65. The van der Waals surface area contributed by atoms with Crippen LogP contribution >= 0.6 is 0 Å². The van der Waals surface area contributed by atoms with Gasteiger partial charge >= 0.3 is 0 Å². The second-order valence-electron chi connectivity index (χ2n) is 5.25. The molecule has 3 heterocycles. The zero-order valence-electron chi connectivity index (χ0n) is 11.9. The van der Waals surface area contributed by atoms with Crippen LogP contribution in [0.1, 0.15) is 16.8 Å². The summed E-state index contributed by atoms with van der Waals surface area (Å²) in [5.74, 6) is 1.44. The number of ether oxygens (including phenoxy) is 2. The number of benzene rings is 1. The maximum Gasteiger partial charge on any atom is 0.247 e. The second kappa shape index (κ2) is 5.18. The molecule has 5 nitrogen and oxygen atoms in total. The predicted octanol–water partition coefficient (Wildman–Crippen LogP) is 2.37. The quantitative estimate of drug-likeness (QED) is 0.798. The summed E-state index contributed by atoms with van der Waals surface area (Å²) in [7, 11) is 0. The third-order valence-corrected chi connectivity index (χ3v) is 3.81. The average Bonchev–Trinajstić information content (AvgIpc) is 3.18. The number of hydrogen-bond acceptors (Lipinski definition) is 4. The predicted molar refractivity (Wildman–Crippen MR) is 80.1 cm³/mol. The van der Waals surface area contributed by atoms with Gasteiger partial charge in [0.1, 0.15) is 0 Å². The Morgan fingerprint density at radius 3 is 3.00 bits per heavy atom. The van der Waals surface area contributed by atoms with Gasteiger partial charge in [-0.25, -0.2) is 0 Å². The van der Waals surface area contributed by atoms with Crippen LogP contribution in [-0.4, -0.2) is 22.6 Å². The fourth-order valence-corrected chi connectivity index (χ4v) is 2.65. The molecule has 0 aliphatic carbocycles. The molecule has 2 aliphatic rings. The van der Waals surface area contributed by atoms with Crippen LogP contribution in [0.15, 0.2) is 42.6 Å². The monoisotopic (exact) mass is 294 g/mol. The maximum absolute atomic E-state index is 12.3. The number of carbonyl (C=O) groups excluding carboxylic acids is 1. The van der Waals surface area contributed by atoms with E-state index in [9.17, 15) is 4.79 Å².